The van der Waals surface area contributed by atoms with Gasteiger partial charge in [-0.05, 0) is 17.7 Å². The van der Waals surface area contributed by atoms with Crippen molar-refractivity contribution in [3.05, 3.63) is 46.7 Å². The lowest BCUT2D eigenvalue weighted by molar-refractivity contribution is 0.623. The third kappa shape index (κ3) is 1.98. The molecule has 1 heterocycles. The molecule has 2 rings (SSSR count). The lowest BCUT2D eigenvalue weighted by Crippen LogP contribution is -2.00. The maximum atomic E-state index is 12.8. The summed E-state index contributed by atoms with van der Waals surface area (Å²) in [4.78, 5) is 3.83. The third-order valence-corrected chi connectivity index (χ3v) is 2.55. The Kier molecular flexibility index (Phi) is 2.58. The highest BCUT2D eigenvalue weighted by molar-refractivity contribution is 9.10. The van der Waals surface area contributed by atoms with Gasteiger partial charge in [0.15, 0.2) is 0 Å². The minimum absolute atomic E-state index is 0.251. The first kappa shape index (κ1) is 9.33. The molecule has 0 bridgehead atoms. The van der Waals surface area contributed by atoms with Crippen molar-refractivity contribution in [3.63, 3.8) is 0 Å². The zero-order valence-electron chi connectivity index (χ0n) is 7.19. The molecule has 0 N–H and O–H groups in total. The second kappa shape index (κ2) is 3.88. The number of nitrogens with zero attached hydrogens (tertiary/aromatic N) is 3. The molecule has 2 aromatic rings. The van der Waals surface area contributed by atoms with E-state index in [1.165, 1.54) is 18.5 Å². The summed E-state index contributed by atoms with van der Waals surface area (Å²) in [5.74, 6) is -0.251. The topological polar surface area (TPSA) is 30.7 Å². The van der Waals surface area contributed by atoms with E-state index in [2.05, 4.69) is 26.0 Å². The largest absolute Gasteiger partial charge is 0.249 e. The molecule has 0 unspecified atom stereocenters. The molecule has 0 aliphatic rings. The van der Waals surface area contributed by atoms with Crippen LogP contribution in [0, 0.1) is 5.82 Å². The quantitative estimate of drug-likeness (QED) is 0.824. The molecule has 1 aromatic heterocycles. The van der Waals surface area contributed by atoms with Crippen molar-refractivity contribution in [1.82, 2.24) is 14.8 Å². The predicted molar refractivity (Wildman–Crippen MR) is 53.2 cm³/mol. The number of halogens is 2. The van der Waals surface area contributed by atoms with Crippen LogP contribution in [0.1, 0.15) is 5.56 Å². The number of aromatic nitrogens is 3. The zero-order chi connectivity index (χ0) is 9.97. The van der Waals surface area contributed by atoms with E-state index in [0.717, 1.165) is 10.0 Å². The van der Waals surface area contributed by atoms with E-state index in [4.69, 9.17) is 0 Å². The van der Waals surface area contributed by atoms with Crippen LogP contribution in [0.2, 0.25) is 0 Å². The first-order chi connectivity index (χ1) is 6.75. The molecule has 0 spiro atoms. The van der Waals surface area contributed by atoms with Crippen LogP contribution in [0.25, 0.3) is 0 Å². The number of hydrogen-bond acceptors (Lipinski definition) is 2. The highest BCUT2D eigenvalue weighted by Gasteiger charge is 2.02. The van der Waals surface area contributed by atoms with Crippen LogP contribution in [0.4, 0.5) is 4.39 Å². The van der Waals surface area contributed by atoms with Crippen molar-refractivity contribution >= 4 is 15.9 Å². The summed E-state index contributed by atoms with van der Waals surface area (Å²) in [5.41, 5.74) is 0.969. The Morgan fingerprint density at radius 3 is 2.93 bits per heavy atom. The van der Waals surface area contributed by atoms with Gasteiger partial charge in [-0.1, -0.05) is 22.0 Å². The van der Waals surface area contributed by atoms with E-state index in [1.54, 1.807) is 17.1 Å². The Bertz CT molecular complexity index is 428. The predicted octanol–water partition coefficient (Wildman–Crippen LogP) is 2.23. The lowest BCUT2D eigenvalue weighted by atomic mass is 10.2. The minimum atomic E-state index is -0.251. The molecule has 0 saturated heterocycles. The van der Waals surface area contributed by atoms with E-state index in [-0.39, 0.29) is 5.82 Å². The van der Waals surface area contributed by atoms with Gasteiger partial charge in [-0.15, -0.1) is 0 Å². The normalized spacial score (nSPS) is 10.4. The van der Waals surface area contributed by atoms with E-state index in [0.29, 0.717) is 6.54 Å². The van der Waals surface area contributed by atoms with Gasteiger partial charge in [0, 0.05) is 4.47 Å². The molecule has 1 aromatic carbocycles. The standard InChI is InChI=1S/C9H7BrFN3/c10-9-3-8(11)2-1-7(9)4-14-6-12-5-13-14/h1-3,5-6H,4H2. The second-order valence-corrected chi connectivity index (χ2v) is 3.68. The molecule has 0 amide bonds. The summed E-state index contributed by atoms with van der Waals surface area (Å²) < 4.78 is 15.2. The average molecular weight is 256 g/mol. The van der Waals surface area contributed by atoms with Gasteiger partial charge in [0.2, 0.25) is 0 Å². The number of hydrogen-bond donors (Lipinski definition) is 0. The van der Waals surface area contributed by atoms with Crippen molar-refractivity contribution < 1.29 is 4.39 Å². The second-order valence-electron chi connectivity index (χ2n) is 2.83. The van der Waals surface area contributed by atoms with Gasteiger partial charge >= 0.3 is 0 Å². The minimum Gasteiger partial charge on any atom is -0.249 e. The Morgan fingerprint density at radius 2 is 2.29 bits per heavy atom. The Morgan fingerprint density at radius 1 is 1.43 bits per heavy atom. The van der Waals surface area contributed by atoms with Crippen LogP contribution in [0.15, 0.2) is 35.3 Å². The van der Waals surface area contributed by atoms with Crippen LogP contribution < -0.4 is 0 Å². The van der Waals surface area contributed by atoms with Crippen molar-refractivity contribution in [1.29, 1.82) is 0 Å². The molecule has 72 valence electrons. The highest BCUT2D eigenvalue weighted by Crippen LogP contribution is 2.18. The van der Waals surface area contributed by atoms with E-state index in [1.807, 2.05) is 0 Å². The van der Waals surface area contributed by atoms with Crippen molar-refractivity contribution in [3.8, 4) is 0 Å². The lowest BCUT2D eigenvalue weighted by Gasteiger charge is -2.03. The van der Waals surface area contributed by atoms with Crippen molar-refractivity contribution in [2.45, 2.75) is 6.54 Å². The van der Waals surface area contributed by atoms with Gasteiger partial charge in [-0.3, -0.25) is 0 Å². The summed E-state index contributed by atoms with van der Waals surface area (Å²) in [5, 5.41) is 3.97. The molecule has 0 aliphatic heterocycles. The molecule has 5 heteroatoms. The molecular formula is C9H7BrFN3. The zero-order valence-corrected chi connectivity index (χ0v) is 8.78. The van der Waals surface area contributed by atoms with E-state index >= 15 is 0 Å². The highest BCUT2D eigenvalue weighted by atomic mass is 79.9. The van der Waals surface area contributed by atoms with Crippen LogP contribution in [-0.2, 0) is 6.54 Å². The molecule has 3 nitrogen and oxygen atoms in total. The Labute approximate surface area is 88.7 Å². The van der Waals surface area contributed by atoms with Crippen molar-refractivity contribution in [2.24, 2.45) is 0 Å². The Balaban J connectivity index is 2.25. The first-order valence-corrected chi connectivity index (χ1v) is 4.81. The van der Waals surface area contributed by atoms with Gasteiger partial charge < -0.3 is 0 Å². The van der Waals surface area contributed by atoms with E-state index < -0.39 is 0 Å². The van der Waals surface area contributed by atoms with Crippen LogP contribution in [-0.4, -0.2) is 14.8 Å². The molecule has 0 fully saturated rings. The SMILES string of the molecule is Fc1ccc(Cn2cncn2)c(Br)c1. The molecule has 0 saturated carbocycles. The summed E-state index contributed by atoms with van der Waals surface area (Å²) in [6.45, 7) is 0.584. The Hall–Kier alpha value is -1.23. The smallest absolute Gasteiger partial charge is 0.137 e. The van der Waals surface area contributed by atoms with Crippen LogP contribution >= 0.6 is 15.9 Å². The molecule has 0 radical (unpaired) electrons. The summed E-state index contributed by atoms with van der Waals surface area (Å²) >= 11 is 3.29. The fourth-order valence-corrected chi connectivity index (χ4v) is 1.62. The van der Waals surface area contributed by atoms with E-state index in [9.17, 15) is 4.39 Å². The number of rotatable bonds is 2. The maximum absolute atomic E-state index is 12.8. The molecule has 0 aliphatic carbocycles. The summed E-state index contributed by atoms with van der Waals surface area (Å²) in [6.07, 6.45) is 3.09. The maximum Gasteiger partial charge on any atom is 0.137 e. The van der Waals surface area contributed by atoms with Gasteiger partial charge in [0.25, 0.3) is 0 Å². The monoisotopic (exact) mass is 255 g/mol. The fourth-order valence-electron chi connectivity index (χ4n) is 1.14. The van der Waals surface area contributed by atoms with Gasteiger partial charge in [-0.2, -0.15) is 5.10 Å². The first-order valence-electron chi connectivity index (χ1n) is 4.02. The van der Waals surface area contributed by atoms with Gasteiger partial charge in [0.05, 0.1) is 6.54 Å². The van der Waals surface area contributed by atoms with Gasteiger partial charge in [0.1, 0.15) is 18.5 Å². The molecule has 14 heavy (non-hydrogen) atoms. The summed E-state index contributed by atoms with van der Waals surface area (Å²) in [6, 6.07) is 4.59. The number of benzene rings is 1. The van der Waals surface area contributed by atoms with Crippen LogP contribution in [0.3, 0.4) is 0 Å². The van der Waals surface area contributed by atoms with Crippen molar-refractivity contribution in [2.75, 3.05) is 0 Å². The third-order valence-electron chi connectivity index (χ3n) is 1.81. The fraction of sp³-hybridized carbons (Fsp3) is 0.111. The van der Waals surface area contributed by atoms with Crippen LogP contribution in [0.5, 0.6) is 0 Å². The van der Waals surface area contributed by atoms with Gasteiger partial charge in [-0.25, -0.2) is 14.1 Å². The molecule has 0 atom stereocenters. The summed E-state index contributed by atoms with van der Waals surface area (Å²) in [7, 11) is 0. The molecular weight excluding hydrogens is 249 g/mol. The average Bonchev–Trinajstić information content (AvgIpc) is 2.62.